The summed E-state index contributed by atoms with van der Waals surface area (Å²) in [5.74, 6) is 0.682. The van der Waals surface area contributed by atoms with Crippen LogP contribution < -0.4 is 0 Å². The lowest BCUT2D eigenvalue weighted by Gasteiger charge is -2.50. The highest BCUT2D eigenvalue weighted by Gasteiger charge is 2.45. The second kappa shape index (κ2) is 6.58. The van der Waals surface area contributed by atoms with Gasteiger partial charge in [-0.3, -0.25) is 9.58 Å². The van der Waals surface area contributed by atoms with E-state index in [1.54, 1.807) is 0 Å². The van der Waals surface area contributed by atoms with Gasteiger partial charge in [-0.1, -0.05) is 20.3 Å². The minimum absolute atomic E-state index is 0.204. The standard InChI is InChI=1S/C20H24N6/c1-3-15(2)11-25-13-20(14-25,6-7-21)26-12-16(10-24-26)17-4-8-22-19-18(17)5-9-23-19/h4-5,8-10,12,15H,3,6,11,13-14H2,1-2H3,(H,22,23). The molecular weight excluding hydrogens is 324 g/mol. The Morgan fingerprint density at radius 2 is 2.23 bits per heavy atom. The number of nitrogens with zero attached hydrogens (tertiary/aromatic N) is 5. The van der Waals surface area contributed by atoms with Gasteiger partial charge in [-0.25, -0.2) is 4.98 Å². The van der Waals surface area contributed by atoms with Crippen LogP contribution in [-0.2, 0) is 5.54 Å². The van der Waals surface area contributed by atoms with E-state index in [0.29, 0.717) is 12.3 Å². The molecule has 0 saturated carbocycles. The van der Waals surface area contributed by atoms with Gasteiger partial charge in [0, 0.05) is 49.2 Å². The summed E-state index contributed by atoms with van der Waals surface area (Å²) in [7, 11) is 0. The number of hydrogen-bond acceptors (Lipinski definition) is 4. The third kappa shape index (κ3) is 2.78. The van der Waals surface area contributed by atoms with Crippen molar-refractivity contribution in [2.75, 3.05) is 19.6 Å². The van der Waals surface area contributed by atoms with Crippen LogP contribution in [0.15, 0.2) is 36.9 Å². The normalized spacial score (nSPS) is 17.7. The van der Waals surface area contributed by atoms with Crippen molar-refractivity contribution in [2.45, 2.75) is 32.2 Å². The number of hydrogen-bond donors (Lipinski definition) is 1. The van der Waals surface area contributed by atoms with Crippen molar-refractivity contribution in [1.29, 1.82) is 5.26 Å². The van der Waals surface area contributed by atoms with Crippen molar-refractivity contribution in [2.24, 2.45) is 5.92 Å². The molecule has 4 heterocycles. The Balaban J connectivity index is 1.60. The maximum Gasteiger partial charge on any atom is 0.137 e. The highest BCUT2D eigenvalue weighted by Crippen LogP contribution is 2.35. The first-order valence-corrected chi connectivity index (χ1v) is 9.22. The smallest absolute Gasteiger partial charge is 0.137 e. The lowest BCUT2D eigenvalue weighted by molar-refractivity contribution is -0.00396. The van der Waals surface area contributed by atoms with Crippen LogP contribution >= 0.6 is 0 Å². The second-order valence-corrected chi connectivity index (χ2v) is 7.51. The van der Waals surface area contributed by atoms with E-state index >= 15 is 0 Å². The average Bonchev–Trinajstić information content (AvgIpc) is 3.28. The first kappa shape index (κ1) is 16.8. The Bertz CT molecular complexity index is 941. The van der Waals surface area contributed by atoms with E-state index in [1.807, 2.05) is 35.4 Å². The van der Waals surface area contributed by atoms with E-state index < -0.39 is 0 Å². The van der Waals surface area contributed by atoms with Gasteiger partial charge >= 0.3 is 0 Å². The van der Waals surface area contributed by atoms with Gasteiger partial charge in [-0.2, -0.15) is 10.4 Å². The number of nitrogens with one attached hydrogen (secondary N) is 1. The third-order valence-corrected chi connectivity index (χ3v) is 5.55. The largest absolute Gasteiger partial charge is 0.346 e. The molecule has 4 rings (SSSR count). The van der Waals surface area contributed by atoms with E-state index in [4.69, 9.17) is 0 Å². The summed E-state index contributed by atoms with van der Waals surface area (Å²) in [5, 5.41) is 15.1. The Morgan fingerprint density at radius 3 is 3.00 bits per heavy atom. The first-order chi connectivity index (χ1) is 12.6. The Labute approximate surface area is 153 Å². The topological polar surface area (TPSA) is 73.5 Å². The molecule has 6 heteroatoms. The van der Waals surface area contributed by atoms with Crippen molar-refractivity contribution in [3.8, 4) is 17.2 Å². The van der Waals surface area contributed by atoms with E-state index in [9.17, 15) is 5.26 Å². The third-order valence-electron chi connectivity index (χ3n) is 5.55. The molecule has 1 atom stereocenters. The summed E-state index contributed by atoms with van der Waals surface area (Å²) >= 11 is 0. The van der Waals surface area contributed by atoms with Gasteiger partial charge in [0.05, 0.1) is 18.7 Å². The van der Waals surface area contributed by atoms with Crippen molar-refractivity contribution in [3.63, 3.8) is 0 Å². The van der Waals surface area contributed by atoms with Crippen molar-refractivity contribution in [3.05, 3.63) is 36.9 Å². The van der Waals surface area contributed by atoms with Gasteiger partial charge in [0.25, 0.3) is 0 Å². The summed E-state index contributed by atoms with van der Waals surface area (Å²) in [4.78, 5) is 9.94. The molecule has 1 aliphatic heterocycles. The van der Waals surface area contributed by atoms with Crippen LogP contribution in [0.25, 0.3) is 22.2 Å². The van der Waals surface area contributed by atoms with Crippen LogP contribution in [0.4, 0.5) is 0 Å². The molecule has 0 aliphatic carbocycles. The summed E-state index contributed by atoms with van der Waals surface area (Å²) in [5.41, 5.74) is 2.86. The second-order valence-electron chi connectivity index (χ2n) is 7.51. The van der Waals surface area contributed by atoms with Crippen LogP contribution in [0.5, 0.6) is 0 Å². The van der Waals surface area contributed by atoms with Gasteiger partial charge in [0.2, 0.25) is 0 Å². The molecule has 1 unspecified atom stereocenters. The fraction of sp³-hybridized carbons (Fsp3) is 0.450. The zero-order chi connectivity index (χ0) is 18.1. The summed E-state index contributed by atoms with van der Waals surface area (Å²) in [6.45, 7) is 7.38. The maximum atomic E-state index is 9.36. The predicted octanol–water partition coefficient (Wildman–Crippen LogP) is 3.40. The molecule has 0 bridgehead atoms. The Kier molecular flexibility index (Phi) is 4.25. The fourth-order valence-electron chi connectivity index (χ4n) is 3.90. The van der Waals surface area contributed by atoms with Crippen molar-refractivity contribution in [1.82, 2.24) is 24.6 Å². The minimum atomic E-state index is -0.204. The molecule has 3 aromatic rings. The summed E-state index contributed by atoms with van der Waals surface area (Å²) in [6.07, 6.45) is 9.37. The quantitative estimate of drug-likeness (QED) is 0.741. The molecule has 3 aromatic heterocycles. The number of rotatable bonds is 6. The minimum Gasteiger partial charge on any atom is -0.346 e. The summed E-state index contributed by atoms with van der Waals surface area (Å²) in [6, 6.07) is 6.43. The number of aromatic nitrogens is 4. The molecular formula is C20H24N6. The molecule has 1 saturated heterocycles. The zero-order valence-electron chi connectivity index (χ0n) is 15.3. The highest BCUT2D eigenvalue weighted by molar-refractivity contribution is 5.92. The van der Waals surface area contributed by atoms with Gasteiger partial charge in [-0.15, -0.1) is 0 Å². The van der Waals surface area contributed by atoms with Gasteiger partial charge < -0.3 is 4.98 Å². The van der Waals surface area contributed by atoms with Gasteiger partial charge in [0.1, 0.15) is 11.2 Å². The predicted molar refractivity (Wildman–Crippen MR) is 101 cm³/mol. The summed E-state index contributed by atoms with van der Waals surface area (Å²) < 4.78 is 2.01. The van der Waals surface area contributed by atoms with Gasteiger partial charge in [0.15, 0.2) is 0 Å². The molecule has 6 nitrogen and oxygen atoms in total. The number of nitriles is 1. The monoisotopic (exact) mass is 348 g/mol. The molecule has 0 radical (unpaired) electrons. The molecule has 1 N–H and O–H groups in total. The number of fused-ring (bicyclic) bond motifs is 1. The molecule has 134 valence electrons. The number of likely N-dealkylation sites (tertiary alicyclic amines) is 1. The Hall–Kier alpha value is -2.65. The van der Waals surface area contributed by atoms with E-state index in [0.717, 1.165) is 41.8 Å². The van der Waals surface area contributed by atoms with Crippen LogP contribution in [0.3, 0.4) is 0 Å². The van der Waals surface area contributed by atoms with Crippen molar-refractivity contribution < 1.29 is 0 Å². The van der Waals surface area contributed by atoms with E-state index in [1.165, 1.54) is 6.42 Å². The number of H-pyrrole nitrogens is 1. The van der Waals surface area contributed by atoms with E-state index in [-0.39, 0.29) is 5.54 Å². The maximum absolute atomic E-state index is 9.36. The van der Waals surface area contributed by atoms with Crippen LogP contribution in [0.1, 0.15) is 26.7 Å². The number of aromatic amines is 1. The molecule has 0 spiro atoms. The van der Waals surface area contributed by atoms with Crippen LogP contribution in [0.2, 0.25) is 0 Å². The van der Waals surface area contributed by atoms with E-state index in [2.05, 4.69) is 46.1 Å². The van der Waals surface area contributed by atoms with Gasteiger partial charge in [-0.05, 0) is 23.6 Å². The molecule has 1 fully saturated rings. The van der Waals surface area contributed by atoms with Crippen molar-refractivity contribution >= 4 is 11.0 Å². The number of pyridine rings is 1. The molecule has 0 aromatic carbocycles. The van der Waals surface area contributed by atoms with Crippen LogP contribution in [0, 0.1) is 17.2 Å². The average molecular weight is 348 g/mol. The zero-order valence-corrected chi connectivity index (χ0v) is 15.3. The lowest BCUT2D eigenvalue weighted by Crippen LogP contribution is -2.63. The molecule has 1 aliphatic rings. The lowest BCUT2D eigenvalue weighted by atomic mass is 9.86. The SMILES string of the molecule is CCC(C)CN1CC(CC#N)(n2cc(-c3ccnc4[nH]ccc34)cn2)C1. The molecule has 26 heavy (non-hydrogen) atoms. The Morgan fingerprint density at radius 1 is 1.38 bits per heavy atom. The fourth-order valence-corrected chi connectivity index (χ4v) is 3.90. The highest BCUT2D eigenvalue weighted by atomic mass is 15.4. The van der Waals surface area contributed by atoms with Crippen LogP contribution in [-0.4, -0.2) is 44.3 Å². The first-order valence-electron chi connectivity index (χ1n) is 9.22. The molecule has 0 amide bonds.